The molecule has 1 N–H and O–H groups in total. The predicted octanol–water partition coefficient (Wildman–Crippen LogP) is 2.82. The Morgan fingerprint density at radius 3 is 2.53 bits per heavy atom. The minimum atomic E-state index is -0.195. The van der Waals surface area contributed by atoms with E-state index in [1.807, 2.05) is 26.0 Å². The second-order valence-electron chi connectivity index (χ2n) is 3.47. The van der Waals surface area contributed by atoms with Crippen LogP contribution in [0.4, 0.5) is 0 Å². The fourth-order valence-electron chi connectivity index (χ4n) is 0.911. The van der Waals surface area contributed by atoms with Crippen molar-refractivity contribution >= 4 is 28.1 Å². The Morgan fingerprint density at radius 2 is 2.00 bits per heavy atom. The summed E-state index contributed by atoms with van der Waals surface area (Å²) in [7, 11) is 0. The third-order valence-corrected chi connectivity index (χ3v) is 2.17. The molecule has 0 radical (unpaired) electrons. The second kappa shape index (κ2) is 5.66. The molecule has 1 rings (SSSR count). The summed E-state index contributed by atoms with van der Waals surface area (Å²) in [5, 5.41) is 3.83. The lowest BCUT2D eigenvalue weighted by molar-refractivity contribution is 0.0955. The summed E-state index contributed by atoms with van der Waals surface area (Å²) in [5.74, 6) is 0.134. The van der Waals surface area contributed by atoms with Crippen LogP contribution in [0.2, 0.25) is 0 Å². The third kappa shape index (κ3) is 4.25. The maximum atomic E-state index is 11.5. The van der Waals surface area contributed by atoms with Gasteiger partial charge in [-0.25, -0.2) is 5.43 Å². The van der Waals surface area contributed by atoms with Gasteiger partial charge in [-0.3, -0.25) is 4.79 Å². The molecule has 0 heterocycles. The van der Waals surface area contributed by atoms with E-state index in [1.165, 1.54) is 0 Å². The van der Waals surface area contributed by atoms with Crippen molar-refractivity contribution in [3.63, 3.8) is 0 Å². The fourth-order valence-corrected chi connectivity index (χ4v) is 1.18. The highest BCUT2D eigenvalue weighted by molar-refractivity contribution is 9.10. The minimum Gasteiger partial charge on any atom is -0.267 e. The van der Waals surface area contributed by atoms with Gasteiger partial charge in [0.25, 0.3) is 5.91 Å². The van der Waals surface area contributed by atoms with E-state index in [0.717, 1.165) is 4.47 Å². The average molecular weight is 269 g/mol. The molecule has 0 unspecified atom stereocenters. The number of carbonyl (C=O) groups excluding carboxylic acids is 1. The van der Waals surface area contributed by atoms with E-state index in [0.29, 0.717) is 11.5 Å². The number of nitrogens with zero attached hydrogens (tertiary/aromatic N) is 1. The Morgan fingerprint density at radius 1 is 1.40 bits per heavy atom. The van der Waals surface area contributed by atoms with Gasteiger partial charge in [0, 0.05) is 16.3 Å². The monoisotopic (exact) mass is 268 g/mol. The first-order valence-corrected chi connectivity index (χ1v) is 5.48. The summed E-state index contributed by atoms with van der Waals surface area (Å²) in [6.07, 6.45) is 1.69. The number of carbonyl (C=O) groups is 1. The van der Waals surface area contributed by atoms with Crippen LogP contribution in [0.25, 0.3) is 0 Å². The lowest BCUT2D eigenvalue weighted by Crippen LogP contribution is -2.17. The van der Waals surface area contributed by atoms with Crippen LogP contribution in [0, 0.1) is 5.92 Å². The largest absolute Gasteiger partial charge is 0.271 e. The van der Waals surface area contributed by atoms with E-state index >= 15 is 0 Å². The lowest BCUT2D eigenvalue weighted by Gasteiger charge is -2.00. The SMILES string of the molecule is CC(C)/C=N/NC(=O)c1ccc(Br)cc1. The zero-order valence-electron chi connectivity index (χ0n) is 8.70. The lowest BCUT2D eigenvalue weighted by atomic mass is 10.2. The molecule has 0 aliphatic rings. The van der Waals surface area contributed by atoms with Gasteiger partial charge >= 0.3 is 0 Å². The second-order valence-corrected chi connectivity index (χ2v) is 4.39. The number of nitrogens with one attached hydrogen (secondary N) is 1. The van der Waals surface area contributed by atoms with Gasteiger partial charge in [-0.2, -0.15) is 5.10 Å². The van der Waals surface area contributed by atoms with Crippen molar-refractivity contribution in [3.8, 4) is 0 Å². The normalized spacial score (nSPS) is 10.9. The molecule has 0 aliphatic carbocycles. The Bertz CT molecular complexity index is 357. The predicted molar refractivity (Wildman–Crippen MR) is 64.9 cm³/mol. The van der Waals surface area contributed by atoms with Gasteiger partial charge in [0.15, 0.2) is 0 Å². The molecule has 0 aromatic heterocycles. The molecule has 1 amide bonds. The smallest absolute Gasteiger partial charge is 0.267 e. The van der Waals surface area contributed by atoms with E-state index in [-0.39, 0.29) is 5.91 Å². The number of halogens is 1. The fraction of sp³-hybridized carbons (Fsp3) is 0.273. The molecule has 15 heavy (non-hydrogen) atoms. The van der Waals surface area contributed by atoms with E-state index in [1.54, 1.807) is 18.3 Å². The van der Waals surface area contributed by atoms with Crippen LogP contribution < -0.4 is 5.43 Å². The number of hydrogen-bond acceptors (Lipinski definition) is 2. The minimum absolute atomic E-state index is 0.195. The summed E-state index contributed by atoms with van der Waals surface area (Å²) in [6.45, 7) is 3.99. The molecule has 4 heteroatoms. The molecule has 0 spiro atoms. The van der Waals surface area contributed by atoms with Crippen molar-refractivity contribution in [1.29, 1.82) is 0 Å². The van der Waals surface area contributed by atoms with Crippen molar-refractivity contribution in [2.24, 2.45) is 11.0 Å². The summed E-state index contributed by atoms with van der Waals surface area (Å²) in [6, 6.07) is 7.12. The van der Waals surface area contributed by atoms with Crippen LogP contribution >= 0.6 is 15.9 Å². The highest BCUT2D eigenvalue weighted by Gasteiger charge is 2.02. The number of rotatable bonds is 3. The zero-order chi connectivity index (χ0) is 11.3. The molecular formula is C11H13BrN2O. The van der Waals surface area contributed by atoms with E-state index in [9.17, 15) is 4.79 Å². The zero-order valence-corrected chi connectivity index (χ0v) is 10.3. The van der Waals surface area contributed by atoms with E-state index in [2.05, 4.69) is 26.5 Å². The number of hydrazone groups is 1. The van der Waals surface area contributed by atoms with E-state index < -0.39 is 0 Å². The van der Waals surface area contributed by atoms with Crippen molar-refractivity contribution in [1.82, 2.24) is 5.43 Å². The standard InChI is InChI=1S/C11H13BrN2O/c1-8(2)7-13-14-11(15)9-3-5-10(12)6-4-9/h3-8H,1-2H3,(H,14,15)/b13-7+. The molecular weight excluding hydrogens is 256 g/mol. The first-order chi connectivity index (χ1) is 7.09. The highest BCUT2D eigenvalue weighted by atomic mass is 79.9. The topological polar surface area (TPSA) is 41.5 Å². The molecule has 0 bridgehead atoms. The Balaban J connectivity index is 2.58. The first kappa shape index (κ1) is 11.9. The van der Waals surface area contributed by atoms with E-state index in [4.69, 9.17) is 0 Å². The Kier molecular flexibility index (Phi) is 4.49. The Labute approximate surface area is 97.7 Å². The van der Waals surface area contributed by atoms with Gasteiger partial charge in [-0.15, -0.1) is 0 Å². The summed E-state index contributed by atoms with van der Waals surface area (Å²) >= 11 is 3.30. The Hall–Kier alpha value is -1.16. The van der Waals surface area contributed by atoms with Crippen molar-refractivity contribution in [3.05, 3.63) is 34.3 Å². The number of benzene rings is 1. The summed E-state index contributed by atoms with van der Waals surface area (Å²) in [5.41, 5.74) is 3.06. The quantitative estimate of drug-likeness (QED) is 0.665. The molecule has 1 aromatic rings. The highest BCUT2D eigenvalue weighted by Crippen LogP contribution is 2.10. The van der Waals surface area contributed by atoms with Crippen LogP contribution in [-0.4, -0.2) is 12.1 Å². The number of hydrogen-bond donors (Lipinski definition) is 1. The summed E-state index contributed by atoms with van der Waals surface area (Å²) in [4.78, 5) is 11.5. The van der Waals surface area contributed by atoms with Gasteiger partial charge in [0.2, 0.25) is 0 Å². The van der Waals surface area contributed by atoms with Crippen molar-refractivity contribution < 1.29 is 4.79 Å². The van der Waals surface area contributed by atoms with Crippen LogP contribution in [0.1, 0.15) is 24.2 Å². The average Bonchev–Trinajstić information content (AvgIpc) is 2.18. The third-order valence-electron chi connectivity index (χ3n) is 1.65. The summed E-state index contributed by atoms with van der Waals surface area (Å²) < 4.78 is 0.949. The molecule has 1 aromatic carbocycles. The van der Waals surface area contributed by atoms with Gasteiger partial charge < -0.3 is 0 Å². The maximum absolute atomic E-state index is 11.5. The van der Waals surface area contributed by atoms with Crippen LogP contribution in [0.15, 0.2) is 33.8 Å². The maximum Gasteiger partial charge on any atom is 0.271 e. The molecule has 0 saturated heterocycles. The van der Waals surface area contributed by atoms with Crippen LogP contribution in [0.3, 0.4) is 0 Å². The van der Waals surface area contributed by atoms with Crippen LogP contribution in [0.5, 0.6) is 0 Å². The molecule has 0 aliphatic heterocycles. The van der Waals surface area contributed by atoms with Crippen molar-refractivity contribution in [2.45, 2.75) is 13.8 Å². The molecule has 0 saturated carbocycles. The molecule has 0 atom stereocenters. The van der Waals surface area contributed by atoms with Crippen LogP contribution in [-0.2, 0) is 0 Å². The number of amides is 1. The molecule has 3 nitrogen and oxygen atoms in total. The van der Waals surface area contributed by atoms with Gasteiger partial charge in [0.05, 0.1) is 0 Å². The molecule has 80 valence electrons. The van der Waals surface area contributed by atoms with Gasteiger partial charge in [0.1, 0.15) is 0 Å². The molecule has 0 fully saturated rings. The van der Waals surface area contributed by atoms with Gasteiger partial charge in [-0.1, -0.05) is 29.8 Å². The van der Waals surface area contributed by atoms with Crippen molar-refractivity contribution in [2.75, 3.05) is 0 Å². The van der Waals surface area contributed by atoms with Gasteiger partial charge in [-0.05, 0) is 30.2 Å². The first-order valence-electron chi connectivity index (χ1n) is 4.68.